The number of nitrogens with zero attached hydrogens (tertiary/aromatic N) is 1. The molecule has 0 aliphatic carbocycles. The Morgan fingerprint density at radius 1 is 1.12 bits per heavy atom. The molecule has 0 unspecified atom stereocenters. The molecule has 2 nitrogen and oxygen atoms in total. The van der Waals surface area contributed by atoms with Crippen molar-refractivity contribution in [3.63, 3.8) is 0 Å². The minimum absolute atomic E-state index is 0. The Kier molecular flexibility index (Phi) is 14.6. The molecule has 0 aromatic rings. The first kappa shape index (κ1) is 11.2. The molecule has 3 heteroatoms. The van der Waals surface area contributed by atoms with Crippen molar-refractivity contribution in [2.75, 3.05) is 13.1 Å². The van der Waals surface area contributed by atoms with E-state index in [1.807, 2.05) is 0 Å². The topological polar surface area (TPSA) is 34.0 Å². The normalized spacial score (nSPS) is 15.2. The summed E-state index contributed by atoms with van der Waals surface area (Å²) in [4.78, 5) is 0. The average Bonchev–Trinajstić information content (AvgIpc) is 2.23. The third kappa shape index (κ3) is 6.39. The van der Waals surface area contributed by atoms with Gasteiger partial charge in [0, 0.05) is 21.1 Å². The minimum Gasteiger partial charge on any atom is 0 e. The molecular weight excluding hydrogens is 274 g/mol. The maximum Gasteiger partial charge on any atom is 0 e. The zero-order valence-corrected chi connectivity index (χ0v) is 7.53. The number of hydrogen-bond donors (Lipinski definition) is 0. The van der Waals surface area contributed by atoms with Crippen LogP contribution in [0.3, 0.4) is 0 Å². The van der Waals surface area contributed by atoms with E-state index in [-0.39, 0.29) is 21.1 Å². The largest absolute Gasteiger partial charge is 0 e. The summed E-state index contributed by atoms with van der Waals surface area (Å²) < 4.78 is 7.50. The summed E-state index contributed by atoms with van der Waals surface area (Å²) in [5, 5.41) is 4.08. The van der Waals surface area contributed by atoms with Gasteiger partial charge in [0.15, 0.2) is 0 Å². The van der Waals surface area contributed by atoms with Gasteiger partial charge in [-0.15, -0.1) is 13.1 Å². The smallest absolute Gasteiger partial charge is 0 e. The third-order valence-corrected chi connectivity index (χ3v) is 0.882. The molecule has 1 fully saturated rings. The van der Waals surface area contributed by atoms with Crippen LogP contribution in [0.2, 0.25) is 0 Å². The fourth-order valence-corrected chi connectivity index (χ4v) is 0.559. The SMILES string of the molecule is C1CC[N-]C1.[C-]#[O+].[W]. The zero-order chi connectivity index (χ0) is 5.54. The third-order valence-electron chi connectivity index (χ3n) is 0.882. The van der Waals surface area contributed by atoms with Gasteiger partial charge in [-0.2, -0.15) is 0 Å². The van der Waals surface area contributed by atoms with E-state index < -0.39 is 0 Å². The Bertz CT molecular complexity index is 44.0. The van der Waals surface area contributed by atoms with E-state index in [0.29, 0.717) is 0 Å². The van der Waals surface area contributed by atoms with Gasteiger partial charge in [0.25, 0.3) is 0 Å². The van der Waals surface area contributed by atoms with Crippen LogP contribution in [0.15, 0.2) is 0 Å². The maximum absolute atomic E-state index is 7.50. The molecule has 1 rings (SSSR count). The number of rotatable bonds is 0. The van der Waals surface area contributed by atoms with E-state index in [4.69, 9.17) is 4.65 Å². The Morgan fingerprint density at radius 3 is 1.62 bits per heavy atom. The van der Waals surface area contributed by atoms with E-state index in [9.17, 15) is 0 Å². The molecule has 0 atom stereocenters. The van der Waals surface area contributed by atoms with Crippen LogP contribution in [0.5, 0.6) is 0 Å². The van der Waals surface area contributed by atoms with E-state index >= 15 is 0 Å². The first-order valence-electron chi connectivity index (χ1n) is 2.34. The van der Waals surface area contributed by atoms with Crippen LogP contribution < -0.4 is 0 Å². The second kappa shape index (κ2) is 10.4. The van der Waals surface area contributed by atoms with Crippen molar-refractivity contribution in [1.29, 1.82) is 0 Å². The van der Waals surface area contributed by atoms with Crippen molar-refractivity contribution in [2.24, 2.45) is 0 Å². The first-order chi connectivity index (χ1) is 3.50. The molecule has 0 bridgehead atoms. The van der Waals surface area contributed by atoms with E-state index in [0.717, 1.165) is 13.1 Å². The van der Waals surface area contributed by atoms with Crippen molar-refractivity contribution in [1.82, 2.24) is 0 Å². The van der Waals surface area contributed by atoms with Gasteiger partial charge in [0.05, 0.1) is 0 Å². The van der Waals surface area contributed by atoms with Crippen molar-refractivity contribution in [3.8, 4) is 0 Å². The summed E-state index contributed by atoms with van der Waals surface area (Å²) in [6, 6.07) is 0. The van der Waals surface area contributed by atoms with E-state index in [2.05, 4.69) is 12.0 Å². The average molecular weight is 282 g/mol. The molecule has 0 N–H and O–H groups in total. The standard InChI is InChI=1S/C4H8N.CO.W/c1-2-4-5-3-1;1-2;/h1-4H2;;/q-1;;. The molecular formula is C5H8NOW-. The second-order valence-corrected chi connectivity index (χ2v) is 1.38. The Morgan fingerprint density at radius 2 is 1.50 bits per heavy atom. The Hall–Kier alpha value is 0.388. The summed E-state index contributed by atoms with van der Waals surface area (Å²) in [5.74, 6) is 0. The van der Waals surface area contributed by atoms with Crippen LogP contribution in [-0.2, 0) is 25.7 Å². The molecule has 0 saturated carbocycles. The quantitative estimate of drug-likeness (QED) is 0.471. The van der Waals surface area contributed by atoms with Crippen molar-refractivity contribution >= 4 is 0 Å². The predicted octanol–water partition coefficient (Wildman–Crippen LogP) is 1.11. The molecule has 0 aromatic heterocycles. The predicted molar refractivity (Wildman–Crippen MR) is 26.3 cm³/mol. The van der Waals surface area contributed by atoms with Crippen LogP contribution in [0.1, 0.15) is 12.8 Å². The molecule has 0 spiro atoms. The maximum atomic E-state index is 7.50. The van der Waals surface area contributed by atoms with Gasteiger partial charge in [-0.05, 0) is 0 Å². The van der Waals surface area contributed by atoms with Crippen LogP contribution in [0.25, 0.3) is 5.32 Å². The Labute approximate surface area is 64.0 Å². The van der Waals surface area contributed by atoms with Crippen molar-refractivity contribution < 1.29 is 25.7 Å². The van der Waals surface area contributed by atoms with Crippen molar-refractivity contribution in [3.05, 3.63) is 12.0 Å². The van der Waals surface area contributed by atoms with Crippen LogP contribution in [0, 0.1) is 6.65 Å². The molecule has 1 aliphatic heterocycles. The summed E-state index contributed by atoms with van der Waals surface area (Å²) in [6.45, 7) is 6.75. The van der Waals surface area contributed by atoms with Crippen LogP contribution in [-0.4, -0.2) is 13.1 Å². The van der Waals surface area contributed by atoms with Crippen LogP contribution in [0.4, 0.5) is 0 Å². The zero-order valence-electron chi connectivity index (χ0n) is 4.59. The molecule has 1 heterocycles. The monoisotopic (exact) mass is 282 g/mol. The molecule has 8 heavy (non-hydrogen) atoms. The van der Waals surface area contributed by atoms with Gasteiger partial charge in [-0.25, -0.2) is 0 Å². The molecule has 0 aromatic carbocycles. The summed E-state index contributed by atoms with van der Waals surface area (Å²) in [7, 11) is 0. The molecule has 1 saturated heterocycles. The van der Waals surface area contributed by atoms with Crippen LogP contribution >= 0.6 is 0 Å². The number of hydrogen-bond acceptors (Lipinski definition) is 0. The van der Waals surface area contributed by atoms with Crippen molar-refractivity contribution in [2.45, 2.75) is 12.8 Å². The van der Waals surface area contributed by atoms with Gasteiger partial charge >= 0.3 is 11.3 Å². The fraction of sp³-hybridized carbons (Fsp3) is 0.800. The summed E-state index contributed by atoms with van der Waals surface area (Å²) >= 11 is 0. The summed E-state index contributed by atoms with van der Waals surface area (Å²) in [5.41, 5.74) is 0. The fourth-order valence-electron chi connectivity index (χ4n) is 0.559. The van der Waals surface area contributed by atoms with Gasteiger partial charge in [-0.3, -0.25) is 0 Å². The Balaban J connectivity index is 0. The molecule has 0 radical (unpaired) electrons. The van der Waals surface area contributed by atoms with Gasteiger partial charge in [-0.1, -0.05) is 12.8 Å². The molecule has 1 aliphatic rings. The van der Waals surface area contributed by atoms with Gasteiger partial charge in [0.2, 0.25) is 0 Å². The van der Waals surface area contributed by atoms with Gasteiger partial charge in [0.1, 0.15) is 0 Å². The molecule has 0 amide bonds. The first-order valence-corrected chi connectivity index (χ1v) is 2.34. The van der Waals surface area contributed by atoms with E-state index in [1.165, 1.54) is 12.8 Å². The van der Waals surface area contributed by atoms with Gasteiger partial charge < -0.3 is 5.32 Å². The second-order valence-electron chi connectivity index (χ2n) is 1.38. The molecule has 46 valence electrons. The minimum atomic E-state index is 0. The van der Waals surface area contributed by atoms with E-state index in [1.54, 1.807) is 0 Å². The summed E-state index contributed by atoms with van der Waals surface area (Å²) in [6.07, 6.45) is 2.67.